The van der Waals surface area contributed by atoms with E-state index >= 15 is 0 Å². The van der Waals surface area contributed by atoms with Gasteiger partial charge in [-0.3, -0.25) is 4.79 Å². The van der Waals surface area contributed by atoms with Crippen LogP contribution >= 0.6 is 0 Å². The van der Waals surface area contributed by atoms with E-state index in [9.17, 15) is 15.0 Å². The number of nitrogens with zero attached hydrogens (tertiary/aromatic N) is 1. The van der Waals surface area contributed by atoms with Crippen molar-refractivity contribution in [1.29, 1.82) is 0 Å². The first-order chi connectivity index (χ1) is 11.0. The largest absolute Gasteiger partial charge is 0.507 e. The second-order valence-corrected chi connectivity index (χ2v) is 5.98. The molecule has 0 bridgehead atoms. The molecule has 2 N–H and O–H groups in total. The van der Waals surface area contributed by atoms with Crippen molar-refractivity contribution in [2.45, 2.75) is 20.4 Å². The van der Waals surface area contributed by atoms with Crippen LogP contribution < -0.4 is 0 Å². The third-order valence-corrected chi connectivity index (χ3v) is 3.73. The summed E-state index contributed by atoms with van der Waals surface area (Å²) >= 11 is 0. The van der Waals surface area contributed by atoms with Crippen molar-refractivity contribution in [2.75, 3.05) is 13.2 Å². The SMILES string of the molecule is Cc1ccc(O)c(C(=O)N(Cc2ccccc2)C[C@H](C)CO)c1. The van der Waals surface area contributed by atoms with Crippen LogP contribution in [0.5, 0.6) is 5.75 Å². The number of aliphatic hydroxyl groups excluding tert-OH is 1. The van der Waals surface area contributed by atoms with Crippen molar-refractivity contribution >= 4 is 5.91 Å². The molecule has 2 aromatic rings. The average molecular weight is 313 g/mol. The van der Waals surface area contributed by atoms with Gasteiger partial charge in [0.05, 0.1) is 5.56 Å². The molecule has 0 saturated heterocycles. The lowest BCUT2D eigenvalue weighted by atomic mass is 10.1. The molecule has 0 aromatic heterocycles. The van der Waals surface area contributed by atoms with Crippen LogP contribution in [0, 0.1) is 12.8 Å². The summed E-state index contributed by atoms with van der Waals surface area (Å²) in [6.45, 7) is 4.66. The van der Waals surface area contributed by atoms with Gasteiger partial charge in [-0.2, -0.15) is 0 Å². The van der Waals surface area contributed by atoms with E-state index in [2.05, 4.69) is 0 Å². The highest BCUT2D eigenvalue weighted by Gasteiger charge is 2.21. The number of benzene rings is 2. The number of hydrogen-bond donors (Lipinski definition) is 2. The zero-order valence-electron chi connectivity index (χ0n) is 13.6. The van der Waals surface area contributed by atoms with E-state index in [-0.39, 0.29) is 24.2 Å². The highest BCUT2D eigenvalue weighted by atomic mass is 16.3. The first-order valence-electron chi connectivity index (χ1n) is 7.75. The first kappa shape index (κ1) is 17.0. The first-order valence-corrected chi connectivity index (χ1v) is 7.75. The van der Waals surface area contributed by atoms with Crippen LogP contribution in [-0.4, -0.2) is 34.2 Å². The lowest BCUT2D eigenvalue weighted by molar-refractivity contribution is 0.0691. The van der Waals surface area contributed by atoms with Crippen molar-refractivity contribution in [1.82, 2.24) is 4.90 Å². The Kier molecular flexibility index (Phi) is 5.77. The highest BCUT2D eigenvalue weighted by molar-refractivity contribution is 5.97. The Labute approximate surface area is 137 Å². The van der Waals surface area contributed by atoms with Gasteiger partial charge < -0.3 is 15.1 Å². The lowest BCUT2D eigenvalue weighted by Crippen LogP contribution is -2.35. The summed E-state index contributed by atoms with van der Waals surface area (Å²) in [5, 5.41) is 19.3. The quantitative estimate of drug-likeness (QED) is 0.862. The van der Waals surface area contributed by atoms with Gasteiger partial charge in [0.25, 0.3) is 5.91 Å². The molecular weight excluding hydrogens is 290 g/mol. The van der Waals surface area contributed by atoms with Crippen LogP contribution in [-0.2, 0) is 6.54 Å². The van der Waals surface area contributed by atoms with E-state index in [1.54, 1.807) is 23.1 Å². The molecule has 4 nitrogen and oxygen atoms in total. The molecule has 0 fully saturated rings. The van der Waals surface area contributed by atoms with Gasteiger partial charge in [0.2, 0.25) is 0 Å². The number of rotatable bonds is 6. The molecule has 0 spiro atoms. The molecule has 122 valence electrons. The number of hydrogen-bond acceptors (Lipinski definition) is 3. The van der Waals surface area contributed by atoms with E-state index in [0.29, 0.717) is 18.7 Å². The van der Waals surface area contributed by atoms with Gasteiger partial charge in [0, 0.05) is 19.7 Å². The molecule has 0 saturated carbocycles. The maximum Gasteiger partial charge on any atom is 0.257 e. The fraction of sp³-hybridized carbons (Fsp3) is 0.316. The predicted octanol–water partition coefficient (Wildman–Crippen LogP) is 2.97. The van der Waals surface area contributed by atoms with Crippen LogP contribution in [0.1, 0.15) is 28.4 Å². The minimum atomic E-state index is -0.227. The second kappa shape index (κ2) is 7.79. The predicted molar refractivity (Wildman–Crippen MR) is 90.3 cm³/mol. The standard InChI is InChI=1S/C19H23NO3/c1-14-8-9-18(22)17(10-14)19(23)20(11-15(2)13-21)12-16-6-4-3-5-7-16/h3-10,15,21-22H,11-13H2,1-2H3/t15-/m0/s1. The number of aliphatic hydroxyl groups is 1. The minimum absolute atomic E-state index is 0.0123. The Morgan fingerprint density at radius 3 is 2.52 bits per heavy atom. The number of aryl methyl sites for hydroxylation is 1. The smallest absolute Gasteiger partial charge is 0.257 e. The monoisotopic (exact) mass is 313 g/mol. The molecule has 0 unspecified atom stereocenters. The zero-order chi connectivity index (χ0) is 16.8. The number of carbonyl (C=O) groups is 1. The van der Waals surface area contributed by atoms with Crippen molar-refractivity contribution < 1.29 is 15.0 Å². The third kappa shape index (κ3) is 4.57. The average Bonchev–Trinajstić information content (AvgIpc) is 2.56. The number of aromatic hydroxyl groups is 1. The molecule has 1 atom stereocenters. The highest BCUT2D eigenvalue weighted by Crippen LogP contribution is 2.22. The Hall–Kier alpha value is -2.33. The Morgan fingerprint density at radius 1 is 1.17 bits per heavy atom. The molecule has 4 heteroatoms. The zero-order valence-corrected chi connectivity index (χ0v) is 13.6. The molecule has 2 aromatic carbocycles. The van der Waals surface area contributed by atoms with Gasteiger partial charge in [-0.25, -0.2) is 0 Å². The van der Waals surface area contributed by atoms with Crippen LogP contribution in [0.25, 0.3) is 0 Å². The summed E-state index contributed by atoms with van der Waals surface area (Å²) in [6.07, 6.45) is 0. The van der Waals surface area contributed by atoms with Gasteiger partial charge in [0.15, 0.2) is 0 Å². The fourth-order valence-electron chi connectivity index (χ4n) is 2.45. The summed E-state index contributed by atoms with van der Waals surface area (Å²) in [4.78, 5) is 14.5. The number of phenolic OH excluding ortho intramolecular Hbond substituents is 1. The molecule has 0 heterocycles. The van der Waals surface area contributed by atoms with Gasteiger partial charge in [-0.15, -0.1) is 0 Å². The maximum absolute atomic E-state index is 12.9. The molecule has 23 heavy (non-hydrogen) atoms. The molecule has 0 aliphatic rings. The van der Waals surface area contributed by atoms with Crippen LogP contribution in [0.2, 0.25) is 0 Å². The molecule has 0 radical (unpaired) electrons. The van der Waals surface area contributed by atoms with Crippen LogP contribution in [0.4, 0.5) is 0 Å². The van der Waals surface area contributed by atoms with E-state index in [0.717, 1.165) is 11.1 Å². The summed E-state index contributed by atoms with van der Waals surface area (Å²) in [6, 6.07) is 14.7. The number of phenols is 1. The Balaban J connectivity index is 2.28. The lowest BCUT2D eigenvalue weighted by Gasteiger charge is -2.26. The molecule has 1 amide bonds. The molecular formula is C19H23NO3. The van der Waals surface area contributed by atoms with Gasteiger partial charge in [-0.05, 0) is 30.5 Å². The molecule has 0 aliphatic heterocycles. The molecule has 2 rings (SSSR count). The second-order valence-electron chi connectivity index (χ2n) is 5.98. The maximum atomic E-state index is 12.9. The van der Waals surface area contributed by atoms with Crippen molar-refractivity contribution in [3.05, 3.63) is 65.2 Å². The third-order valence-electron chi connectivity index (χ3n) is 3.73. The summed E-state index contributed by atoms with van der Waals surface area (Å²) < 4.78 is 0. The number of amides is 1. The van der Waals surface area contributed by atoms with Crippen molar-refractivity contribution in [3.63, 3.8) is 0 Å². The Morgan fingerprint density at radius 2 is 1.87 bits per heavy atom. The van der Waals surface area contributed by atoms with Crippen LogP contribution in [0.3, 0.4) is 0 Å². The fourth-order valence-corrected chi connectivity index (χ4v) is 2.45. The molecule has 0 aliphatic carbocycles. The number of carbonyl (C=O) groups excluding carboxylic acids is 1. The van der Waals surface area contributed by atoms with E-state index < -0.39 is 0 Å². The summed E-state index contributed by atoms with van der Waals surface area (Å²) in [7, 11) is 0. The summed E-state index contributed by atoms with van der Waals surface area (Å²) in [5.74, 6) is -0.278. The van der Waals surface area contributed by atoms with Crippen molar-refractivity contribution in [3.8, 4) is 5.75 Å². The Bertz CT molecular complexity index is 655. The minimum Gasteiger partial charge on any atom is -0.507 e. The van der Waals surface area contributed by atoms with Crippen molar-refractivity contribution in [2.24, 2.45) is 5.92 Å². The van der Waals surface area contributed by atoms with Crippen LogP contribution in [0.15, 0.2) is 48.5 Å². The van der Waals surface area contributed by atoms with E-state index in [1.807, 2.05) is 44.2 Å². The van der Waals surface area contributed by atoms with E-state index in [1.165, 1.54) is 0 Å². The normalized spacial score (nSPS) is 12.0. The van der Waals surface area contributed by atoms with Gasteiger partial charge in [0.1, 0.15) is 5.75 Å². The van der Waals surface area contributed by atoms with E-state index in [4.69, 9.17) is 0 Å². The van der Waals surface area contributed by atoms with Gasteiger partial charge >= 0.3 is 0 Å². The topological polar surface area (TPSA) is 60.8 Å². The summed E-state index contributed by atoms with van der Waals surface area (Å²) in [5.41, 5.74) is 2.23. The van der Waals surface area contributed by atoms with Gasteiger partial charge in [-0.1, -0.05) is 48.9 Å².